The second-order valence-electron chi connectivity index (χ2n) is 7.94. The van der Waals surface area contributed by atoms with Gasteiger partial charge >= 0.3 is 0 Å². The van der Waals surface area contributed by atoms with Gasteiger partial charge in [-0.3, -0.25) is 0 Å². The van der Waals surface area contributed by atoms with Crippen LogP contribution in [0.4, 0.5) is 0 Å². The van der Waals surface area contributed by atoms with Gasteiger partial charge in [0.2, 0.25) is 10.0 Å². The number of ether oxygens (including phenoxy) is 2. The first-order valence-corrected chi connectivity index (χ1v) is 11.3. The summed E-state index contributed by atoms with van der Waals surface area (Å²) in [5, 5.41) is 2.04. The molecule has 1 aromatic carbocycles. The van der Waals surface area contributed by atoms with Crippen LogP contribution in [0.3, 0.4) is 0 Å². The minimum atomic E-state index is -3.57. The zero-order chi connectivity index (χ0) is 20.4. The van der Waals surface area contributed by atoms with Crippen LogP contribution in [0.25, 0.3) is 10.8 Å². The third kappa shape index (κ3) is 4.83. The fourth-order valence-electron chi connectivity index (χ4n) is 3.15. The van der Waals surface area contributed by atoms with Crippen LogP contribution in [0.15, 0.2) is 30.5 Å². The summed E-state index contributed by atoms with van der Waals surface area (Å²) < 4.78 is 39.0. The third-order valence-electron chi connectivity index (χ3n) is 4.84. The van der Waals surface area contributed by atoms with Crippen molar-refractivity contribution in [1.29, 1.82) is 0 Å². The molecular weight excluding hydrogens is 400 g/mol. The molecule has 3 rings (SSSR count). The lowest BCUT2D eigenvalue weighted by Crippen LogP contribution is -2.41. The van der Waals surface area contributed by atoms with E-state index in [1.807, 2.05) is 24.3 Å². The van der Waals surface area contributed by atoms with Gasteiger partial charge in [0.05, 0.1) is 18.0 Å². The Balaban J connectivity index is 1.96. The lowest BCUT2D eigenvalue weighted by molar-refractivity contribution is -0.182. The van der Waals surface area contributed by atoms with Crippen LogP contribution >= 0.6 is 11.6 Å². The van der Waals surface area contributed by atoms with Crippen LogP contribution in [0.1, 0.15) is 51.6 Å². The van der Waals surface area contributed by atoms with E-state index in [0.717, 1.165) is 22.8 Å². The smallest absolute Gasteiger partial charge is 0.217 e. The average molecular weight is 427 g/mol. The number of aromatic nitrogens is 1. The van der Waals surface area contributed by atoms with Crippen molar-refractivity contribution in [3.8, 4) is 0 Å². The SMILES string of the molecule is CC(C)(C)S(=O)(=O)NC(CCC1OCCCO1)c1cccc2ccnc(Cl)c12. The molecule has 0 spiro atoms. The second kappa shape index (κ2) is 8.63. The van der Waals surface area contributed by atoms with Gasteiger partial charge in [-0.15, -0.1) is 0 Å². The molecule has 0 aliphatic carbocycles. The van der Waals surface area contributed by atoms with Gasteiger partial charge in [0.15, 0.2) is 6.29 Å². The van der Waals surface area contributed by atoms with Crippen molar-refractivity contribution in [3.63, 3.8) is 0 Å². The highest BCUT2D eigenvalue weighted by Crippen LogP contribution is 2.33. The molecular formula is C20H27ClN2O4S. The van der Waals surface area contributed by atoms with Crippen molar-refractivity contribution in [3.05, 3.63) is 41.2 Å². The van der Waals surface area contributed by atoms with E-state index in [-0.39, 0.29) is 6.29 Å². The maximum absolute atomic E-state index is 12.9. The molecule has 0 bridgehead atoms. The quantitative estimate of drug-likeness (QED) is 0.700. The van der Waals surface area contributed by atoms with Crippen LogP contribution in [-0.4, -0.2) is 37.7 Å². The molecule has 154 valence electrons. The van der Waals surface area contributed by atoms with Gasteiger partial charge in [-0.2, -0.15) is 0 Å². The number of sulfonamides is 1. The highest BCUT2D eigenvalue weighted by molar-refractivity contribution is 7.90. The van der Waals surface area contributed by atoms with E-state index in [0.29, 0.717) is 31.2 Å². The normalized spacial score (nSPS) is 17.7. The predicted molar refractivity (Wildman–Crippen MR) is 111 cm³/mol. The van der Waals surface area contributed by atoms with Crippen LogP contribution in [0, 0.1) is 0 Å². The molecule has 1 unspecified atom stereocenters. The van der Waals surface area contributed by atoms with E-state index in [1.54, 1.807) is 27.0 Å². The van der Waals surface area contributed by atoms with Crippen LogP contribution in [-0.2, 0) is 19.5 Å². The molecule has 6 nitrogen and oxygen atoms in total. The first-order valence-electron chi connectivity index (χ1n) is 9.47. The van der Waals surface area contributed by atoms with Gasteiger partial charge in [-0.05, 0) is 50.6 Å². The van der Waals surface area contributed by atoms with E-state index >= 15 is 0 Å². The Bertz CT molecular complexity index is 916. The standard InChI is InChI=1S/C20H27ClN2O4S/c1-20(2,3)28(24,25)23-16(8-9-17-26-12-5-13-27-17)15-7-4-6-14-10-11-22-19(21)18(14)15/h4,6-7,10-11,16-17,23H,5,8-9,12-13H2,1-3H3. The van der Waals surface area contributed by atoms with Gasteiger partial charge in [-0.25, -0.2) is 18.1 Å². The molecule has 2 heterocycles. The lowest BCUT2D eigenvalue weighted by Gasteiger charge is -2.29. The Labute approximate surface area is 171 Å². The number of rotatable bonds is 6. The maximum atomic E-state index is 12.9. The van der Waals surface area contributed by atoms with Gasteiger partial charge in [-0.1, -0.05) is 29.8 Å². The average Bonchev–Trinajstić information content (AvgIpc) is 2.65. The van der Waals surface area contributed by atoms with E-state index in [4.69, 9.17) is 21.1 Å². The first kappa shape index (κ1) is 21.5. The second-order valence-corrected chi connectivity index (χ2v) is 10.8. The molecule has 2 aromatic rings. The minimum Gasteiger partial charge on any atom is -0.353 e. The summed E-state index contributed by atoms with van der Waals surface area (Å²) in [7, 11) is -3.57. The van der Waals surface area contributed by atoms with Gasteiger partial charge < -0.3 is 9.47 Å². The fourth-order valence-corrected chi connectivity index (χ4v) is 4.40. The molecule has 1 aliphatic rings. The molecule has 0 saturated carbocycles. The third-order valence-corrected chi connectivity index (χ3v) is 7.34. The van der Waals surface area contributed by atoms with Gasteiger partial charge in [0.1, 0.15) is 5.15 Å². The number of nitrogens with zero attached hydrogens (tertiary/aromatic N) is 1. The number of benzene rings is 1. The van der Waals surface area contributed by atoms with Crippen molar-refractivity contribution < 1.29 is 17.9 Å². The van der Waals surface area contributed by atoms with E-state index in [2.05, 4.69) is 9.71 Å². The number of nitrogens with one attached hydrogen (secondary N) is 1. The van der Waals surface area contributed by atoms with Crippen LogP contribution < -0.4 is 4.72 Å². The topological polar surface area (TPSA) is 77.5 Å². The molecule has 0 radical (unpaired) electrons. The Morgan fingerprint density at radius 1 is 1.25 bits per heavy atom. The monoisotopic (exact) mass is 426 g/mol. The number of hydrogen-bond acceptors (Lipinski definition) is 5. The van der Waals surface area contributed by atoms with Gasteiger partial charge in [0.25, 0.3) is 0 Å². The Morgan fingerprint density at radius 2 is 1.96 bits per heavy atom. The van der Waals surface area contributed by atoms with Crippen molar-refractivity contribution in [1.82, 2.24) is 9.71 Å². The summed E-state index contributed by atoms with van der Waals surface area (Å²) in [4.78, 5) is 4.18. The minimum absolute atomic E-state index is 0.320. The van der Waals surface area contributed by atoms with Crippen molar-refractivity contribution in [2.24, 2.45) is 0 Å². The molecule has 1 aromatic heterocycles. The molecule has 1 fully saturated rings. The van der Waals surface area contributed by atoms with E-state index in [9.17, 15) is 8.42 Å². The predicted octanol–water partition coefficient (Wildman–Crippen LogP) is 4.19. The number of hydrogen-bond donors (Lipinski definition) is 1. The highest BCUT2D eigenvalue weighted by atomic mass is 35.5. The molecule has 1 atom stereocenters. The molecule has 8 heteroatoms. The first-order chi connectivity index (χ1) is 13.2. The number of fused-ring (bicyclic) bond motifs is 1. The van der Waals surface area contributed by atoms with Crippen molar-refractivity contribution in [2.75, 3.05) is 13.2 Å². The number of pyridine rings is 1. The Kier molecular flexibility index (Phi) is 6.61. The van der Waals surface area contributed by atoms with Crippen molar-refractivity contribution in [2.45, 2.75) is 57.1 Å². The number of halogens is 1. The molecule has 1 aliphatic heterocycles. The summed E-state index contributed by atoms with van der Waals surface area (Å²) in [5.74, 6) is 0. The fraction of sp³-hybridized carbons (Fsp3) is 0.550. The summed E-state index contributed by atoms with van der Waals surface area (Å²) in [6, 6.07) is 7.14. The van der Waals surface area contributed by atoms with Crippen LogP contribution in [0.2, 0.25) is 5.15 Å². The van der Waals surface area contributed by atoms with Crippen LogP contribution in [0.5, 0.6) is 0 Å². The Hall–Kier alpha value is -1.25. The molecule has 28 heavy (non-hydrogen) atoms. The maximum Gasteiger partial charge on any atom is 0.217 e. The summed E-state index contributed by atoms with van der Waals surface area (Å²) in [6.45, 7) is 6.35. The summed E-state index contributed by atoms with van der Waals surface area (Å²) in [5.41, 5.74) is 0.805. The Morgan fingerprint density at radius 3 is 2.64 bits per heavy atom. The van der Waals surface area contributed by atoms with Crippen molar-refractivity contribution >= 4 is 32.4 Å². The highest BCUT2D eigenvalue weighted by Gasteiger charge is 2.33. The largest absolute Gasteiger partial charge is 0.353 e. The molecule has 1 N–H and O–H groups in total. The van der Waals surface area contributed by atoms with Gasteiger partial charge in [0, 0.05) is 24.0 Å². The zero-order valence-corrected chi connectivity index (χ0v) is 18.0. The molecule has 1 saturated heterocycles. The van der Waals surface area contributed by atoms with E-state index < -0.39 is 20.8 Å². The zero-order valence-electron chi connectivity index (χ0n) is 16.4. The molecule has 0 amide bonds. The van der Waals surface area contributed by atoms with E-state index in [1.165, 1.54) is 0 Å². The summed E-state index contributed by atoms with van der Waals surface area (Å²) >= 11 is 6.38. The summed E-state index contributed by atoms with van der Waals surface area (Å²) in [6.07, 6.45) is 3.29. The lowest BCUT2D eigenvalue weighted by atomic mass is 9.97.